The number of hydrogen-bond acceptors (Lipinski definition) is 12. The van der Waals surface area contributed by atoms with Gasteiger partial charge in [0, 0.05) is 17.0 Å². The van der Waals surface area contributed by atoms with Crippen LogP contribution < -0.4 is 0 Å². The van der Waals surface area contributed by atoms with Crippen molar-refractivity contribution in [2.24, 2.45) is 0 Å². The van der Waals surface area contributed by atoms with Crippen LogP contribution in [0.15, 0.2) is 75.4 Å². The largest absolute Gasteiger partial charge is 0.290 e. The van der Waals surface area contributed by atoms with Crippen LogP contribution in [-0.2, 0) is 0 Å². The van der Waals surface area contributed by atoms with Gasteiger partial charge in [0.25, 0.3) is 22.7 Å². The highest BCUT2D eigenvalue weighted by Gasteiger charge is 2.23. The van der Waals surface area contributed by atoms with Crippen LogP contribution in [0.5, 0.6) is 0 Å². The Morgan fingerprint density at radius 3 is 1.34 bits per heavy atom. The Morgan fingerprint density at radius 1 is 0.629 bits per heavy atom. The molecule has 0 radical (unpaired) electrons. The molecule has 16 heteroatoms. The number of hydrogen-bond donors (Lipinski definition) is 1. The maximum atomic E-state index is 11.1. The third-order valence-corrected chi connectivity index (χ3v) is 7.62. The highest BCUT2D eigenvalue weighted by Crippen LogP contribution is 2.46. The molecule has 182 valence electrons. The van der Waals surface area contributed by atoms with E-state index in [1.807, 2.05) is 0 Å². The number of nitrogens with zero attached hydrogens (tertiary/aromatic N) is 4. The molecule has 0 fully saturated rings. The normalized spacial score (nSPS) is 10.1. The van der Waals surface area contributed by atoms with Crippen molar-refractivity contribution in [1.82, 2.24) is 0 Å². The lowest BCUT2D eigenvalue weighted by Crippen LogP contribution is -1.95. The van der Waals surface area contributed by atoms with Crippen molar-refractivity contribution in [2.45, 2.75) is 21.6 Å². The van der Waals surface area contributed by atoms with Crippen LogP contribution in [0.1, 0.15) is 5.56 Å². The molecule has 0 saturated carbocycles. The minimum Gasteiger partial charge on any atom is -0.258 e. The molecule has 0 aliphatic rings. The van der Waals surface area contributed by atoms with Crippen LogP contribution in [0.3, 0.4) is 0 Å². The van der Waals surface area contributed by atoms with Gasteiger partial charge in [0.05, 0.1) is 41.6 Å². The first-order chi connectivity index (χ1) is 16.5. The summed E-state index contributed by atoms with van der Waals surface area (Å²) in [5.74, 6) is 0. The predicted octanol–water partition coefficient (Wildman–Crippen LogP) is 7.05. The fourth-order valence-corrected chi connectivity index (χ4v) is 5.23. The van der Waals surface area contributed by atoms with Gasteiger partial charge in [0.1, 0.15) is 0 Å². The van der Waals surface area contributed by atoms with Crippen LogP contribution in [0.4, 0.5) is 22.7 Å². The van der Waals surface area contributed by atoms with Gasteiger partial charge < -0.3 is 0 Å². The molecule has 0 aliphatic heterocycles. The van der Waals surface area contributed by atoms with Gasteiger partial charge in [-0.25, -0.2) is 0 Å². The molecule has 0 N–H and O–H groups in total. The van der Waals surface area contributed by atoms with Gasteiger partial charge in [0.15, 0.2) is 0 Å². The zero-order valence-corrected chi connectivity index (χ0v) is 20.8. The summed E-state index contributed by atoms with van der Waals surface area (Å²) in [5, 5.41) is 43.6. The van der Waals surface area contributed by atoms with E-state index >= 15 is 0 Å². The molecule has 3 rings (SSSR count). The lowest BCUT2D eigenvalue weighted by molar-refractivity contribution is -0.396. The van der Waals surface area contributed by atoms with E-state index in [4.69, 9.17) is 0 Å². The molecule has 0 amide bonds. The average molecular weight is 555 g/mol. The topological polar surface area (TPSA) is 173 Å². The quantitative estimate of drug-likeness (QED) is 0.131. The molecule has 3 aromatic carbocycles. The SMILES string of the molecule is Cc1ccc(SS)cc1.O=[N+]([O-])c1ccc(SSc2ccc([N+](=O)[O-])cc2[N+](=O)[O-])c([N+](=O)[O-])c1. The van der Waals surface area contributed by atoms with E-state index in [0.717, 1.165) is 58.0 Å². The maximum Gasteiger partial charge on any atom is 0.290 e. The monoisotopic (exact) mass is 554 g/mol. The minimum absolute atomic E-state index is 0.0400. The van der Waals surface area contributed by atoms with E-state index in [1.165, 1.54) is 21.3 Å². The Kier molecular flexibility index (Phi) is 10.3. The van der Waals surface area contributed by atoms with Crippen molar-refractivity contribution in [3.8, 4) is 0 Å². The summed E-state index contributed by atoms with van der Waals surface area (Å²) in [6, 6.07) is 14.3. The van der Waals surface area contributed by atoms with Gasteiger partial charge in [-0.1, -0.05) is 28.5 Å². The Morgan fingerprint density at radius 2 is 1.03 bits per heavy atom. The van der Waals surface area contributed by atoms with Crippen molar-refractivity contribution < 1.29 is 19.7 Å². The van der Waals surface area contributed by atoms with Crippen molar-refractivity contribution in [1.29, 1.82) is 0 Å². The van der Waals surface area contributed by atoms with Gasteiger partial charge >= 0.3 is 0 Å². The van der Waals surface area contributed by atoms with Gasteiger partial charge in [-0.05, 0) is 52.8 Å². The molecule has 3 aromatic rings. The standard InChI is InChI=1S/C12H6N4O8S2.C7H8S2/c17-13(18)7-1-3-11(9(5-7)15(21)22)25-26-12-4-2-8(14(19)20)6-10(12)16(23)24;1-6-2-4-7(9-8)5-3-6/h1-6H;2-5,8H,1H3. The van der Waals surface area contributed by atoms with E-state index < -0.39 is 42.4 Å². The molecule has 0 aliphatic carbocycles. The van der Waals surface area contributed by atoms with Crippen LogP contribution in [0.2, 0.25) is 0 Å². The second-order valence-corrected chi connectivity index (χ2v) is 9.82. The summed E-state index contributed by atoms with van der Waals surface area (Å²) >= 11 is 4.06. The van der Waals surface area contributed by atoms with E-state index in [2.05, 4.69) is 42.9 Å². The molecule has 0 aromatic heterocycles. The van der Waals surface area contributed by atoms with Crippen molar-refractivity contribution in [2.75, 3.05) is 0 Å². The third kappa shape index (κ3) is 8.13. The van der Waals surface area contributed by atoms with Gasteiger partial charge in [-0.2, -0.15) is 0 Å². The number of non-ortho nitro benzene ring substituents is 2. The van der Waals surface area contributed by atoms with Crippen LogP contribution in [0, 0.1) is 47.4 Å². The van der Waals surface area contributed by atoms with E-state index in [1.54, 1.807) is 0 Å². The zero-order valence-electron chi connectivity index (χ0n) is 17.5. The molecule has 0 spiro atoms. The number of aryl methyl sites for hydroxylation is 1. The summed E-state index contributed by atoms with van der Waals surface area (Å²) in [6.07, 6.45) is 0. The summed E-state index contributed by atoms with van der Waals surface area (Å²) in [4.78, 5) is 41.7. The number of nitro groups is 4. The van der Waals surface area contributed by atoms with Crippen LogP contribution >= 0.6 is 44.0 Å². The summed E-state index contributed by atoms with van der Waals surface area (Å²) < 4.78 is 0. The number of rotatable bonds is 8. The van der Waals surface area contributed by atoms with Crippen molar-refractivity contribution in [3.05, 3.63) is 107 Å². The van der Waals surface area contributed by atoms with Gasteiger partial charge in [0.2, 0.25) is 0 Å². The predicted molar refractivity (Wildman–Crippen MR) is 137 cm³/mol. The summed E-state index contributed by atoms with van der Waals surface area (Å²) in [5.41, 5.74) is -0.691. The number of thiol groups is 1. The maximum absolute atomic E-state index is 11.1. The van der Waals surface area contributed by atoms with E-state index in [0.29, 0.717) is 0 Å². The first-order valence-electron chi connectivity index (χ1n) is 9.11. The molecule has 0 saturated heterocycles. The average Bonchev–Trinajstić information content (AvgIpc) is 2.83. The second kappa shape index (κ2) is 12.9. The Labute approximate surface area is 214 Å². The molecule has 0 unspecified atom stereocenters. The van der Waals surface area contributed by atoms with E-state index in [-0.39, 0.29) is 9.79 Å². The van der Waals surface area contributed by atoms with Crippen molar-refractivity contribution >= 4 is 66.8 Å². The molecule has 12 nitrogen and oxygen atoms in total. The highest BCUT2D eigenvalue weighted by molar-refractivity contribution is 8.76. The minimum atomic E-state index is -0.805. The first kappa shape index (κ1) is 27.9. The molecular formula is C19H14N4O8S4. The fourth-order valence-electron chi connectivity index (χ4n) is 2.35. The molecule has 0 atom stereocenters. The number of benzene rings is 3. The van der Waals surface area contributed by atoms with Gasteiger partial charge in [-0.3, -0.25) is 40.5 Å². The molecule has 0 heterocycles. The smallest absolute Gasteiger partial charge is 0.258 e. The first-order valence-corrected chi connectivity index (χ1v) is 13.1. The van der Waals surface area contributed by atoms with Crippen LogP contribution in [-0.4, -0.2) is 19.7 Å². The fraction of sp³-hybridized carbons (Fsp3) is 0.0526. The molecule has 35 heavy (non-hydrogen) atoms. The lowest BCUT2D eigenvalue weighted by Gasteiger charge is -2.04. The van der Waals surface area contributed by atoms with E-state index in [9.17, 15) is 40.5 Å². The summed E-state index contributed by atoms with van der Waals surface area (Å²) in [6.45, 7) is 2.08. The second-order valence-electron chi connectivity index (χ2n) is 6.40. The zero-order chi connectivity index (χ0) is 26.1. The third-order valence-electron chi connectivity index (χ3n) is 4.05. The van der Waals surface area contributed by atoms with Crippen molar-refractivity contribution in [3.63, 3.8) is 0 Å². The Bertz CT molecular complexity index is 1200. The summed E-state index contributed by atoms with van der Waals surface area (Å²) in [7, 11) is 3.02. The molecular weight excluding hydrogens is 540 g/mol. The lowest BCUT2D eigenvalue weighted by atomic mass is 10.2. The Balaban J connectivity index is 0.000000402. The number of nitro benzene ring substituents is 4. The molecule has 0 bridgehead atoms. The Hall–Kier alpha value is -3.34. The van der Waals surface area contributed by atoms with Crippen LogP contribution in [0.25, 0.3) is 0 Å². The van der Waals surface area contributed by atoms with Gasteiger partial charge in [-0.15, -0.1) is 11.7 Å². The highest BCUT2D eigenvalue weighted by atomic mass is 33.1.